The summed E-state index contributed by atoms with van der Waals surface area (Å²) < 4.78 is 26.0. The van der Waals surface area contributed by atoms with Crippen LogP contribution in [0.5, 0.6) is 0 Å². The first-order valence-corrected chi connectivity index (χ1v) is 4.54. The Morgan fingerprint density at radius 2 is 1.80 bits per heavy atom. The van der Waals surface area contributed by atoms with Crippen molar-refractivity contribution >= 4 is 0 Å². The molecule has 0 spiro atoms. The fourth-order valence-electron chi connectivity index (χ4n) is 1.45. The molecule has 3 heteroatoms. The predicted molar refractivity (Wildman–Crippen MR) is 54.3 cm³/mol. The third-order valence-corrected chi connectivity index (χ3v) is 2.06. The second-order valence-corrected chi connectivity index (χ2v) is 3.38. The Hall–Kier alpha value is -1.77. The number of aromatic nitrogens is 1. The highest BCUT2D eigenvalue weighted by atomic mass is 19.1. The van der Waals surface area contributed by atoms with E-state index in [2.05, 4.69) is 4.98 Å². The van der Waals surface area contributed by atoms with E-state index >= 15 is 0 Å². The zero-order chi connectivity index (χ0) is 10.8. The van der Waals surface area contributed by atoms with Gasteiger partial charge in [0.25, 0.3) is 0 Å². The highest BCUT2D eigenvalue weighted by Gasteiger charge is 2.03. The Bertz CT molecular complexity index is 474. The van der Waals surface area contributed by atoms with Gasteiger partial charge in [-0.25, -0.2) is 8.78 Å². The van der Waals surface area contributed by atoms with Crippen LogP contribution >= 0.6 is 0 Å². The lowest BCUT2D eigenvalue weighted by atomic mass is 10.1. The summed E-state index contributed by atoms with van der Waals surface area (Å²) in [4.78, 5) is 3.99. The molecule has 0 aliphatic heterocycles. The van der Waals surface area contributed by atoms with Crippen LogP contribution in [0.25, 0.3) is 11.3 Å². The molecule has 0 aliphatic carbocycles. The second kappa shape index (κ2) is 3.77. The minimum atomic E-state index is -0.373. The SMILES string of the molecule is Cc1cc(F)cc(-c2cc(F)ccn2)c1. The number of hydrogen-bond acceptors (Lipinski definition) is 1. The van der Waals surface area contributed by atoms with Gasteiger partial charge >= 0.3 is 0 Å². The normalized spacial score (nSPS) is 10.3. The van der Waals surface area contributed by atoms with E-state index in [9.17, 15) is 8.78 Å². The predicted octanol–water partition coefficient (Wildman–Crippen LogP) is 3.34. The number of halogens is 2. The van der Waals surface area contributed by atoms with Crippen molar-refractivity contribution in [1.29, 1.82) is 0 Å². The van der Waals surface area contributed by atoms with Crippen molar-refractivity contribution in [3.8, 4) is 11.3 Å². The van der Waals surface area contributed by atoms with E-state index in [0.717, 1.165) is 5.56 Å². The molecule has 0 amide bonds. The van der Waals surface area contributed by atoms with Crippen LogP contribution in [0, 0.1) is 18.6 Å². The van der Waals surface area contributed by atoms with Crippen LogP contribution in [0.3, 0.4) is 0 Å². The molecule has 0 saturated heterocycles. The van der Waals surface area contributed by atoms with Crippen molar-refractivity contribution < 1.29 is 8.78 Å². The maximum atomic E-state index is 13.1. The summed E-state index contributed by atoms with van der Waals surface area (Å²) in [6, 6.07) is 7.08. The van der Waals surface area contributed by atoms with Crippen LogP contribution in [-0.2, 0) is 0 Å². The molecule has 76 valence electrons. The van der Waals surface area contributed by atoms with Gasteiger partial charge < -0.3 is 0 Å². The molecule has 0 radical (unpaired) electrons. The minimum absolute atomic E-state index is 0.337. The number of pyridine rings is 1. The van der Waals surface area contributed by atoms with Crippen molar-refractivity contribution in [1.82, 2.24) is 4.98 Å². The van der Waals surface area contributed by atoms with Crippen LogP contribution in [0.2, 0.25) is 0 Å². The summed E-state index contributed by atoms with van der Waals surface area (Å²) in [7, 11) is 0. The summed E-state index contributed by atoms with van der Waals surface area (Å²) in [5, 5.41) is 0. The van der Waals surface area contributed by atoms with Crippen molar-refractivity contribution in [2.75, 3.05) is 0 Å². The summed E-state index contributed by atoms with van der Waals surface area (Å²) in [5.74, 6) is -0.710. The smallest absolute Gasteiger partial charge is 0.126 e. The quantitative estimate of drug-likeness (QED) is 0.695. The molecular weight excluding hydrogens is 196 g/mol. The molecule has 2 rings (SSSR count). The molecule has 1 nitrogen and oxygen atoms in total. The van der Waals surface area contributed by atoms with Gasteiger partial charge in [0.05, 0.1) is 5.69 Å². The Labute approximate surface area is 86.4 Å². The molecule has 0 bridgehead atoms. The molecule has 1 aromatic carbocycles. The lowest BCUT2D eigenvalue weighted by molar-refractivity contribution is 0.624. The van der Waals surface area contributed by atoms with Gasteiger partial charge in [-0.15, -0.1) is 0 Å². The topological polar surface area (TPSA) is 12.9 Å². The van der Waals surface area contributed by atoms with Crippen molar-refractivity contribution in [3.05, 3.63) is 53.7 Å². The van der Waals surface area contributed by atoms with Crippen molar-refractivity contribution in [2.45, 2.75) is 6.92 Å². The third-order valence-electron chi connectivity index (χ3n) is 2.06. The molecule has 0 fully saturated rings. The molecule has 0 saturated carbocycles. The Kier molecular flexibility index (Phi) is 2.46. The Balaban J connectivity index is 2.54. The monoisotopic (exact) mass is 205 g/mol. The van der Waals surface area contributed by atoms with E-state index in [0.29, 0.717) is 11.3 Å². The molecule has 15 heavy (non-hydrogen) atoms. The van der Waals surface area contributed by atoms with E-state index in [4.69, 9.17) is 0 Å². The number of hydrogen-bond donors (Lipinski definition) is 0. The zero-order valence-electron chi connectivity index (χ0n) is 8.17. The first kappa shape index (κ1) is 9.77. The fourth-order valence-corrected chi connectivity index (χ4v) is 1.45. The van der Waals surface area contributed by atoms with Gasteiger partial charge in [-0.05, 0) is 36.8 Å². The largest absolute Gasteiger partial charge is 0.256 e. The maximum absolute atomic E-state index is 13.1. The second-order valence-electron chi connectivity index (χ2n) is 3.38. The molecule has 0 atom stereocenters. The van der Waals surface area contributed by atoms with Crippen molar-refractivity contribution in [2.24, 2.45) is 0 Å². The summed E-state index contributed by atoms with van der Waals surface area (Å²) >= 11 is 0. The molecule has 2 aromatic rings. The average molecular weight is 205 g/mol. The molecule has 0 aliphatic rings. The summed E-state index contributed by atoms with van der Waals surface area (Å²) in [5.41, 5.74) is 1.82. The lowest BCUT2D eigenvalue weighted by Crippen LogP contribution is -1.87. The van der Waals surface area contributed by atoms with Crippen LogP contribution in [-0.4, -0.2) is 4.98 Å². The number of benzene rings is 1. The van der Waals surface area contributed by atoms with Crippen LogP contribution in [0.4, 0.5) is 8.78 Å². The molecule has 0 N–H and O–H groups in total. The number of aryl methyl sites for hydroxylation is 1. The van der Waals surface area contributed by atoms with E-state index in [1.807, 2.05) is 0 Å². The number of nitrogens with zero attached hydrogens (tertiary/aromatic N) is 1. The highest BCUT2D eigenvalue weighted by Crippen LogP contribution is 2.20. The van der Waals surface area contributed by atoms with Crippen LogP contribution in [0.15, 0.2) is 36.5 Å². The lowest BCUT2D eigenvalue weighted by Gasteiger charge is -2.02. The molecule has 1 heterocycles. The van der Waals surface area contributed by atoms with E-state index in [-0.39, 0.29) is 11.6 Å². The molecule has 1 aromatic heterocycles. The Morgan fingerprint density at radius 3 is 2.47 bits per heavy atom. The van der Waals surface area contributed by atoms with Gasteiger partial charge in [-0.1, -0.05) is 0 Å². The van der Waals surface area contributed by atoms with Gasteiger partial charge in [-0.2, -0.15) is 0 Å². The molecule has 0 unspecified atom stereocenters. The van der Waals surface area contributed by atoms with Crippen molar-refractivity contribution in [3.63, 3.8) is 0 Å². The Morgan fingerprint density at radius 1 is 1.00 bits per heavy atom. The standard InChI is InChI=1S/C12H9F2N/c1-8-4-9(6-11(14)5-8)12-7-10(13)2-3-15-12/h2-7H,1H3. The van der Waals surface area contributed by atoms with Crippen LogP contribution < -0.4 is 0 Å². The first-order chi connectivity index (χ1) is 7.15. The molecular formula is C12H9F2N. The van der Waals surface area contributed by atoms with Gasteiger partial charge in [0.2, 0.25) is 0 Å². The van der Waals surface area contributed by atoms with Gasteiger partial charge in [0, 0.05) is 17.8 Å². The van der Waals surface area contributed by atoms with Gasteiger partial charge in [0.15, 0.2) is 0 Å². The van der Waals surface area contributed by atoms with Crippen LogP contribution in [0.1, 0.15) is 5.56 Å². The summed E-state index contributed by atoms with van der Waals surface area (Å²) in [6.07, 6.45) is 1.37. The maximum Gasteiger partial charge on any atom is 0.126 e. The zero-order valence-corrected chi connectivity index (χ0v) is 8.17. The highest BCUT2D eigenvalue weighted by molar-refractivity contribution is 5.59. The average Bonchev–Trinajstić information content (AvgIpc) is 2.16. The summed E-state index contributed by atoms with van der Waals surface area (Å²) in [6.45, 7) is 1.78. The third kappa shape index (κ3) is 2.18. The van der Waals surface area contributed by atoms with Gasteiger partial charge in [-0.3, -0.25) is 4.98 Å². The first-order valence-electron chi connectivity index (χ1n) is 4.54. The van der Waals surface area contributed by atoms with E-state index in [1.54, 1.807) is 13.0 Å². The van der Waals surface area contributed by atoms with E-state index in [1.165, 1.54) is 30.5 Å². The minimum Gasteiger partial charge on any atom is -0.256 e. The van der Waals surface area contributed by atoms with E-state index < -0.39 is 0 Å². The van der Waals surface area contributed by atoms with Gasteiger partial charge in [0.1, 0.15) is 11.6 Å². The number of rotatable bonds is 1. The fraction of sp³-hybridized carbons (Fsp3) is 0.0833.